The zero-order chi connectivity index (χ0) is 13.1. The van der Waals surface area contributed by atoms with E-state index in [9.17, 15) is 13.6 Å². The Morgan fingerprint density at radius 3 is 2.28 bits per heavy atom. The molecule has 0 atom stereocenters. The zero-order valence-electron chi connectivity index (χ0n) is 10.2. The fraction of sp³-hybridized carbons (Fsp3) is 0.462. The first-order chi connectivity index (χ1) is 8.61. The predicted molar refractivity (Wildman–Crippen MR) is 69.2 cm³/mol. The second-order valence-electron chi connectivity index (χ2n) is 4.19. The first kappa shape index (κ1) is 13.3. The van der Waals surface area contributed by atoms with Gasteiger partial charge in [-0.05, 0) is 17.9 Å². The first-order valence-corrected chi connectivity index (χ1v) is 6.99. The molecule has 1 heterocycles. The van der Waals surface area contributed by atoms with Gasteiger partial charge in [0, 0.05) is 30.8 Å². The lowest BCUT2D eigenvalue weighted by Gasteiger charge is -2.28. The number of halogens is 2. The van der Waals surface area contributed by atoms with E-state index in [0.717, 1.165) is 5.75 Å². The molecule has 5 heteroatoms. The van der Waals surface area contributed by atoms with Crippen LogP contribution in [-0.2, 0) is 4.79 Å². The Bertz CT molecular complexity index is 431. The topological polar surface area (TPSA) is 20.3 Å². The van der Waals surface area contributed by atoms with Crippen molar-refractivity contribution in [2.75, 3.05) is 23.7 Å². The second kappa shape index (κ2) is 5.69. The Morgan fingerprint density at radius 1 is 1.22 bits per heavy atom. The Balaban J connectivity index is 2.25. The van der Waals surface area contributed by atoms with E-state index in [2.05, 4.69) is 0 Å². The number of benzene rings is 1. The van der Waals surface area contributed by atoms with Crippen molar-refractivity contribution < 1.29 is 13.6 Å². The van der Waals surface area contributed by atoms with Crippen molar-refractivity contribution in [1.82, 2.24) is 0 Å². The molecule has 1 aromatic rings. The average Bonchev–Trinajstić information content (AvgIpc) is 2.31. The molecule has 0 unspecified atom stereocenters. The molecule has 0 amide bonds. The highest BCUT2D eigenvalue weighted by Gasteiger charge is 2.22. The average molecular weight is 271 g/mol. The highest BCUT2D eigenvalue weighted by Crippen LogP contribution is 2.30. The number of piperidine rings is 1. The Labute approximate surface area is 109 Å². The highest BCUT2D eigenvalue weighted by atomic mass is 32.2. The lowest BCUT2D eigenvalue weighted by atomic mass is 10.1. The molecule has 18 heavy (non-hydrogen) atoms. The van der Waals surface area contributed by atoms with E-state index in [-0.39, 0.29) is 11.5 Å². The molecule has 1 aliphatic heterocycles. The smallest absolute Gasteiger partial charge is 0.150 e. The lowest BCUT2D eigenvalue weighted by molar-refractivity contribution is -0.119. The summed E-state index contributed by atoms with van der Waals surface area (Å²) >= 11 is 1.41. The monoisotopic (exact) mass is 271 g/mol. The van der Waals surface area contributed by atoms with Gasteiger partial charge in [0.2, 0.25) is 0 Å². The molecule has 1 aromatic carbocycles. The molecule has 2 nitrogen and oxygen atoms in total. The Kier molecular flexibility index (Phi) is 4.22. The van der Waals surface area contributed by atoms with Crippen LogP contribution in [0.25, 0.3) is 0 Å². The van der Waals surface area contributed by atoms with E-state index in [4.69, 9.17) is 0 Å². The van der Waals surface area contributed by atoms with E-state index in [0.29, 0.717) is 30.8 Å². The Hall–Kier alpha value is -1.10. The number of carbonyl (C=O) groups excluding carboxylic acids is 1. The largest absolute Gasteiger partial charge is 0.366 e. The molecular formula is C13H15F2NOS. The van der Waals surface area contributed by atoms with Crippen LogP contribution >= 0.6 is 11.8 Å². The van der Waals surface area contributed by atoms with Crippen molar-refractivity contribution in [2.24, 2.45) is 0 Å². The van der Waals surface area contributed by atoms with Crippen molar-refractivity contribution in [3.05, 3.63) is 23.8 Å². The number of hydrogen-bond acceptors (Lipinski definition) is 3. The number of thioether (sulfide) groups is 1. The minimum absolute atomic E-state index is 0.00273. The summed E-state index contributed by atoms with van der Waals surface area (Å²) in [5.41, 5.74) is 0.00273. The van der Waals surface area contributed by atoms with Gasteiger partial charge in [-0.2, -0.15) is 0 Å². The molecular weight excluding hydrogens is 256 g/mol. The van der Waals surface area contributed by atoms with Crippen LogP contribution in [0.15, 0.2) is 17.0 Å². The van der Waals surface area contributed by atoms with E-state index in [1.54, 1.807) is 4.90 Å². The predicted octanol–water partition coefficient (Wildman–Crippen LogP) is 3.25. The van der Waals surface area contributed by atoms with Gasteiger partial charge < -0.3 is 4.90 Å². The van der Waals surface area contributed by atoms with Gasteiger partial charge in [-0.1, -0.05) is 6.92 Å². The van der Waals surface area contributed by atoms with Gasteiger partial charge >= 0.3 is 0 Å². The van der Waals surface area contributed by atoms with Crippen molar-refractivity contribution in [2.45, 2.75) is 24.7 Å². The molecule has 1 aliphatic rings. The highest BCUT2D eigenvalue weighted by molar-refractivity contribution is 7.99. The van der Waals surface area contributed by atoms with Gasteiger partial charge in [-0.3, -0.25) is 4.79 Å². The number of hydrogen-bond donors (Lipinski definition) is 0. The summed E-state index contributed by atoms with van der Waals surface area (Å²) in [6.07, 6.45) is 0.731. The fourth-order valence-electron chi connectivity index (χ4n) is 2.07. The molecule has 0 spiro atoms. The van der Waals surface area contributed by atoms with Crippen LogP contribution in [0.5, 0.6) is 0 Å². The quantitative estimate of drug-likeness (QED) is 0.787. The van der Waals surface area contributed by atoms with Crippen molar-refractivity contribution >= 4 is 23.2 Å². The number of carbonyl (C=O) groups is 1. The van der Waals surface area contributed by atoms with Crippen LogP contribution < -0.4 is 4.90 Å². The third-order valence-electron chi connectivity index (χ3n) is 2.94. The number of nitrogens with zero attached hydrogens (tertiary/aromatic N) is 1. The maximum atomic E-state index is 13.9. The van der Waals surface area contributed by atoms with Gasteiger partial charge in [0.25, 0.3) is 0 Å². The van der Waals surface area contributed by atoms with Crippen molar-refractivity contribution in [3.63, 3.8) is 0 Å². The summed E-state index contributed by atoms with van der Waals surface area (Å²) in [5, 5.41) is 0. The molecule has 0 radical (unpaired) electrons. The molecule has 0 bridgehead atoms. The summed E-state index contributed by atoms with van der Waals surface area (Å²) < 4.78 is 27.9. The first-order valence-electron chi connectivity index (χ1n) is 6.00. The standard InChI is InChI=1S/C13H15F2NOS/c1-2-18-10-7-11(14)13(12(15)8-10)16-5-3-9(17)4-6-16/h7-8H,2-6H2,1H3. The molecule has 0 N–H and O–H groups in total. The molecule has 1 saturated heterocycles. The summed E-state index contributed by atoms with van der Waals surface area (Å²) in [4.78, 5) is 13.4. The summed E-state index contributed by atoms with van der Waals surface area (Å²) in [6.45, 7) is 2.73. The number of rotatable bonds is 3. The van der Waals surface area contributed by atoms with Crippen LogP contribution in [0.4, 0.5) is 14.5 Å². The van der Waals surface area contributed by atoms with Gasteiger partial charge in [0.05, 0.1) is 0 Å². The van der Waals surface area contributed by atoms with E-state index in [1.165, 1.54) is 23.9 Å². The van der Waals surface area contributed by atoms with Crippen LogP contribution in [0, 0.1) is 11.6 Å². The van der Waals surface area contributed by atoms with E-state index in [1.807, 2.05) is 6.92 Å². The van der Waals surface area contributed by atoms with Crippen molar-refractivity contribution in [3.8, 4) is 0 Å². The van der Waals surface area contributed by atoms with E-state index >= 15 is 0 Å². The van der Waals surface area contributed by atoms with Gasteiger partial charge in [0.1, 0.15) is 11.5 Å². The normalized spacial score (nSPS) is 16.2. The molecule has 0 saturated carbocycles. The summed E-state index contributed by atoms with van der Waals surface area (Å²) in [7, 11) is 0. The Morgan fingerprint density at radius 2 is 1.78 bits per heavy atom. The third kappa shape index (κ3) is 2.83. The lowest BCUT2D eigenvalue weighted by Crippen LogP contribution is -2.35. The summed E-state index contributed by atoms with van der Waals surface area (Å²) in [5.74, 6) is -0.151. The van der Waals surface area contributed by atoms with Crippen LogP contribution in [0.3, 0.4) is 0 Å². The minimum Gasteiger partial charge on any atom is -0.366 e. The second-order valence-corrected chi connectivity index (χ2v) is 5.53. The summed E-state index contributed by atoms with van der Waals surface area (Å²) in [6, 6.07) is 2.73. The molecule has 0 aromatic heterocycles. The fourth-order valence-corrected chi connectivity index (χ4v) is 2.78. The maximum Gasteiger partial charge on any atom is 0.150 e. The molecule has 98 valence electrons. The SMILES string of the molecule is CCSc1cc(F)c(N2CCC(=O)CC2)c(F)c1. The zero-order valence-corrected chi connectivity index (χ0v) is 11.0. The van der Waals surface area contributed by atoms with Crippen LogP contribution in [0.2, 0.25) is 0 Å². The van der Waals surface area contributed by atoms with Gasteiger partial charge in [-0.15, -0.1) is 11.8 Å². The molecule has 1 fully saturated rings. The number of Topliss-reactive ketones (excluding diaryl/α,β-unsaturated/α-hetero) is 1. The molecule has 2 rings (SSSR count). The van der Waals surface area contributed by atoms with Gasteiger partial charge in [-0.25, -0.2) is 8.78 Å². The van der Waals surface area contributed by atoms with Crippen molar-refractivity contribution in [1.29, 1.82) is 0 Å². The van der Waals surface area contributed by atoms with E-state index < -0.39 is 11.6 Å². The number of anilines is 1. The molecule has 0 aliphatic carbocycles. The van der Waals surface area contributed by atoms with Crippen LogP contribution in [-0.4, -0.2) is 24.6 Å². The maximum absolute atomic E-state index is 13.9. The van der Waals surface area contributed by atoms with Crippen LogP contribution in [0.1, 0.15) is 19.8 Å². The number of ketones is 1. The van der Waals surface area contributed by atoms with Gasteiger partial charge in [0.15, 0.2) is 11.6 Å². The minimum atomic E-state index is -0.541. The third-order valence-corrected chi connectivity index (χ3v) is 3.80.